The van der Waals surface area contributed by atoms with Crippen LogP contribution in [-0.2, 0) is 5.66 Å². The number of hydrogen-bond donors (Lipinski definition) is 0. The van der Waals surface area contributed by atoms with E-state index in [-0.39, 0.29) is 0 Å². The maximum atomic E-state index is 5.17. The minimum atomic E-state index is -0.517. The van der Waals surface area contributed by atoms with Crippen LogP contribution in [-0.4, -0.2) is 13.4 Å². The molecule has 96 valence electrons. The lowest BCUT2D eigenvalue weighted by Crippen LogP contribution is -2.19. The van der Waals surface area contributed by atoms with Crippen molar-refractivity contribution in [1.29, 1.82) is 0 Å². The maximum Gasteiger partial charge on any atom is 0.198 e. The SMILES string of the molecule is COc1ccc(C2(CCC(C)C)N=CN=N2)cc1. The Morgan fingerprint density at radius 1 is 1.22 bits per heavy atom. The first kappa shape index (κ1) is 12.7. The molecule has 0 spiro atoms. The van der Waals surface area contributed by atoms with Gasteiger partial charge in [0.05, 0.1) is 7.11 Å². The van der Waals surface area contributed by atoms with Crippen LogP contribution in [0.15, 0.2) is 39.5 Å². The average Bonchev–Trinajstić information content (AvgIpc) is 2.86. The molecule has 1 aromatic rings. The first-order valence-electron chi connectivity index (χ1n) is 6.26. The van der Waals surface area contributed by atoms with Crippen molar-refractivity contribution in [3.05, 3.63) is 29.8 Å². The Hall–Kier alpha value is -1.71. The van der Waals surface area contributed by atoms with E-state index in [1.165, 1.54) is 0 Å². The normalized spacial score (nSPS) is 21.8. The van der Waals surface area contributed by atoms with Crippen LogP contribution in [0.25, 0.3) is 0 Å². The molecule has 1 aliphatic rings. The van der Waals surface area contributed by atoms with E-state index < -0.39 is 5.66 Å². The molecule has 0 radical (unpaired) electrons. The second kappa shape index (κ2) is 5.29. The highest BCUT2D eigenvalue weighted by molar-refractivity contribution is 5.58. The van der Waals surface area contributed by atoms with Gasteiger partial charge in [-0.05, 0) is 30.9 Å². The van der Waals surface area contributed by atoms with E-state index in [4.69, 9.17) is 4.74 Å². The van der Waals surface area contributed by atoms with E-state index >= 15 is 0 Å². The van der Waals surface area contributed by atoms with Crippen LogP contribution in [0.5, 0.6) is 5.75 Å². The van der Waals surface area contributed by atoms with Gasteiger partial charge in [0.25, 0.3) is 0 Å². The van der Waals surface area contributed by atoms with Gasteiger partial charge in [-0.2, -0.15) is 5.11 Å². The van der Waals surface area contributed by atoms with Gasteiger partial charge in [0.1, 0.15) is 12.1 Å². The number of methoxy groups -OCH3 is 1. The smallest absolute Gasteiger partial charge is 0.198 e. The first-order valence-corrected chi connectivity index (χ1v) is 6.26. The summed E-state index contributed by atoms with van der Waals surface area (Å²) in [6, 6.07) is 7.91. The lowest BCUT2D eigenvalue weighted by atomic mass is 9.92. The highest BCUT2D eigenvalue weighted by Crippen LogP contribution is 2.37. The molecule has 18 heavy (non-hydrogen) atoms. The van der Waals surface area contributed by atoms with Crippen LogP contribution in [0.2, 0.25) is 0 Å². The van der Waals surface area contributed by atoms with Gasteiger partial charge in [0, 0.05) is 5.56 Å². The highest BCUT2D eigenvalue weighted by Gasteiger charge is 2.33. The molecule has 1 unspecified atom stereocenters. The van der Waals surface area contributed by atoms with Gasteiger partial charge >= 0.3 is 0 Å². The van der Waals surface area contributed by atoms with Crippen LogP contribution < -0.4 is 4.74 Å². The van der Waals surface area contributed by atoms with Crippen LogP contribution in [0, 0.1) is 5.92 Å². The Kier molecular flexibility index (Phi) is 3.75. The zero-order chi connectivity index (χ0) is 13.0. The molecule has 0 saturated heterocycles. The summed E-state index contributed by atoms with van der Waals surface area (Å²) < 4.78 is 5.17. The van der Waals surface area contributed by atoms with Gasteiger partial charge in [-0.25, -0.2) is 4.99 Å². The van der Waals surface area contributed by atoms with Gasteiger partial charge in [-0.3, -0.25) is 0 Å². The third kappa shape index (κ3) is 2.58. The highest BCUT2D eigenvalue weighted by atomic mass is 16.5. The van der Waals surface area contributed by atoms with Gasteiger partial charge in [-0.1, -0.05) is 26.0 Å². The van der Waals surface area contributed by atoms with Crippen molar-refractivity contribution in [2.75, 3.05) is 7.11 Å². The number of benzene rings is 1. The number of hydrogen-bond acceptors (Lipinski definition) is 4. The predicted octanol–water partition coefficient (Wildman–Crippen LogP) is 3.78. The van der Waals surface area contributed by atoms with Crippen LogP contribution in [0.1, 0.15) is 32.3 Å². The van der Waals surface area contributed by atoms with Crippen LogP contribution in [0.3, 0.4) is 0 Å². The van der Waals surface area contributed by atoms with Crippen LogP contribution >= 0.6 is 0 Å². The number of rotatable bonds is 5. The predicted molar refractivity (Wildman–Crippen MR) is 72.1 cm³/mol. The Morgan fingerprint density at radius 2 is 1.94 bits per heavy atom. The minimum Gasteiger partial charge on any atom is -0.497 e. The van der Waals surface area contributed by atoms with Crippen molar-refractivity contribution in [1.82, 2.24) is 0 Å². The van der Waals surface area contributed by atoms with E-state index in [0.29, 0.717) is 5.92 Å². The molecule has 0 N–H and O–H groups in total. The molecule has 1 aliphatic heterocycles. The van der Waals surface area contributed by atoms with Crippen molar-refractivity contribution in [3.8, 4) is 5.75 Å². The van der Waals surface area contributed by atoms with Gasteiger partial charge in [0.15, 0.2) is 5.66 Å². The van der Waals surface area contributed by atoms with Gasteiger partial charge in [-0.15, -0.1) is 5.11 Å². The van der Waals surface area contributed by atoms with E-state index in [9.17, 15) is 0 Å². The summed E-state index contributed by atoms with van der Waals surface area (Å²) in [4.78, 5) is 4.47. The monoisotopic (exact) mass is 245 g/mol. The quantitative estimate of drug-likeness (QED) is 0.778. The first-order chi connectivity index (χ1) is 8.66. The summed E-state index contributed by atoms with van der Waals surface area (Å²) in [6.45, 7) is 4.41. The minimum absolute atomic E-state index is 0.517. The Balaban J connectivity index is 2.24. The Morgan fingerprint density at radius 3 is 2.44 bits per heavy atom. The second-order valence-electron chi connectivity index (χ2n) is 4.94. The zero-order valence-electron chi connectivity index (χ0n) is 11.1. The molecule has 0 amide bonds. The number of aliphatic imine (C=N–C) groups is 1. The summed E-state index contributed by atoms with van der Waals surface area (Å²) in [5, 5.41) is 8.26. The Labute approximate surface area is 108 Å². The maximum absolute atomic E-state index is 5.17. The number of azo groups is 1. The summed E-state index contributed by atoms with van der Waals surface area (Å²) >= 11 is 0. The molecule has 1 atom stereocenters. The van der Waals surface area contributed by atoms with E-state index in [1.54, 1.807) is 13.4 Å². The summed E-state index contributed by atoms with van der Waals surface area (Å²) in [5.41, 5.74) is 0.553. The topological polar surface area (TPSA) is 46.3 Å². The van der Waals surface area contributed by atoms with Gasteiger partial charge in [0.2, 0.25) is 0 Å². The summed E-state index contributed by atoms with van der Waals surface area (Å²) in [7, 11) is 1.66. The van der Waals surface area contributed by atoms with E-state index in [2.05, 4.69) is 29.1 Å². The third-order valence-corrected chi connectivity index (χ3v) is 3.17. The molecular weight excluding hydrogens is 226 g/mol. The fourth-order valence-corrected chi connectivity index (χ4v) is 2.01. The van der Waals surface area contributed by atoms with Crippen LogP contribution in [0.4, 0.5) is 0 Å². The standard InChI is InChI=1S/C14H19N3O/c1-11(2)8-9-14(15-10-16-17-14)12-4-6-13(18-3)7-5-12/h4-7,10-11H,8-9H2,1-3H3. The molecule has 0 saturated carbocycles. The molecule has 0 aromatic heterocycles. The largest absolute Gasteiger partial charge is 0.497 e. The molecule has 2 rings (SSSR count). The molecule has 1 heterocycles. The van der Waals surface area contributed by atoms with E-state index in [1.807, 2.05) is 24.3 Å². The second-order valence-corrected chi connectivity index (χ2v) is 4.94. The third-order valence-electron chi connectivity index (χ3n) is 3.17. The number of ether oxygens (including phenoxy) is 1. The average molecular weight is 245 g/mol. The lowest BCUT2D eigenvalue weighted by Gasteiger charge is -2.23. The van der Waals surface area contributed by atoms with Crippen molar-refractivity contribution < 1.29 is 4.74 Å². The van der Waals surface area contributed by atoms with E-state index in [0.717, 1.165) is 24.2 Å². The van der Waals surface area contributed by atoms with Crippen molar-refractivity contribution in [2.45, 2.75) is 32.4 Å². The fraction of sp³-hybridized carbons (Fsp3) is 0.500. The van der Waals surface area contributed by atoms with Gasteiger partial charge < -0.3 is 4.74 Å². The molecule has 1 aromatic carbocycles. The fourth-order valence-electron chi connectivity index (χ4n) is 2.01. The molecule has 4 nitrogen and oxygen atoms in total. The molecule has 4 heteroatoms. The number of nitrogens with zero attached hydrogens (tertiary/aromatic N) is 3. The molecule has 0 aliphatic carbocycles. The van der Waals surface area contributed by atoms with Crippen molar-refractivity contribution in [3.63, 3.8) is 0 Å². The Bertz CT molecular complexity index is 437. The summed E-state index contributed by atoms with van der Waals surface area (Å²) in [5.74, 6) is 1.47. The molecular formula is C14H19N3O. The van der Waals surface area contributed by atoms with Crippen molar-refractivity contribution in [2.24, 2.45) is 21.1 Å². The molecule has 0 fully saturated rings. The van der Waals surface area contributed by atoms with Crippen molar-refractivity contribution >= 4 is 6.34 Å². The zero-order valence-corrected chi connectivity index (χ0v) is 11.1. The molecule has 0 bridgehead atoms. The summed E-state index contributed by atoms with van der Waals surface area (Å²) in [6.07, 6.45) is 3.50. The lowest BCUT2D eigenvalue weighted by molar-refractivity contribution is 0.380.